The van der Waals surface area contributed by atoms with E-state index in [4.69, 9.17) is 9.47 Å². The Bertz CT molecular complexity index is 415. The van der Waals surface area contributed by atoms with E-state index in [1.807, 2.05) is 6.07 Å². The molecule has 0 aromatic heterocycles. The molecule has 0 amide bonds. The first-order chi connectivity index (χ1) is 9.13. The molecular weight excluding hydrogens is 306 g/mol. The molecule has 1 aromatic rings. The minimum Gasteiger partial charge on any atom is -0.488 e. The Labute approximate surface area is 124 Å². The van der Waals surface area contributed by atoms with E-state index < -0.39 is 0 Å². The molecule has 0 spiro atoms. The summed E-state index contributed by atoms with van der Waals surface area (Å²) in [6.45, 7) is 7.14. The van der Waals surface area contributed by atoms with Gasteiger partial charge in [-0.1, -0.05) is 11.6 Å². The second-order valence-corrected chi connectivity index (χ2v) is 5.38. The third-order valence-electron chi connectivity index (χ3n) is 2.54. The number of ether oxygens (including phenoxy) is 2. The molecule has 0 unspecified atom stereocenters. The molecule has 0 radical (unpaired) electrons. The van der Waals surface area contributed by atoms with Crippen molar-refractivity contribution in [2.75, 3.05) is 26.9 Å². The van der Waals surface area contributed by atoms with Crippen LogP contribution in [-0.4, -0.2) is 26.9 Å². The molecule has 0 saturated heterocycles. The first kappa shape index (κ1) is 16.2. The van der Waals surface area contributed by atoms with Crippen LogP contribution >= 0.6 is 15.9 Å². The molecule has 106 valence electrons. The van der Waals surface area contributed by atoms with Gasteiger partial charge in [-0.2, -0.15) is 0 Å². The van der Waals surface area contributed by atoms with E-state index in [1.54, 1.807) is 7.11 Å². The Balaban J connectivity index is 2.47. The van der Waals surface area contributed by atoms with Gasteiger partial charge >= 0.3 is 0 Å². The lowest BCUT2D eigenvalue weighted by molar-refractivity contribution is 0.199. The van der Waals surface area contributed by atoms with Crippen molar-refractivity contribution >= 4 is 15.9 Å². The fourth-order valence-electron chi connectivity index (χ4n) is 1.48. The lowest BCUT2D eigenvalue weighted by Crippen LogP contribution is -2.18. The zero-order valence-electron chi connectivity index (χ0n) is 11.8. The van der Waals surface area contributed by atoms with Crippen LogP contribution in [0, 0.1) is 0 Å². The maximum absolute atomic E-state index is 5.68. The van der Waals surface area contributed by atoms with Crippen LogP contribution in [0.25, 0.3) is 0 Å². The van der Waals surface area contributed by atoms with E-state index in [-0.39, 0.29) is 0 Å². The summed E-state index contributed by atoms with van der Waals surface area (Å²) in [5.74, 6) is 0.873. The molecule has 0 aliphatic carbocycles. The summed E-state index contributed by atoms with van der Waals surface area (Å²) in [7, 11) is 1.71. The van der Waals surface area contributed by atoms with E-state index in [2.05, 4.69) is 53.3 Å². The maximum atomic E-state index is 5.68. The molecule has 0 fully saturated rings. The topological polar surface area (TPSA) is 30.5 Å². The Morgan fingerprint density at radius 1 is 1.37 bits per heavy atom. The van der Waals surface area contributed by atoms with Crippen LogP contribution in [0.3, 0.4) is 0 Å². The standard InChI is InChI=1S/C15H22BrNO2/c1-12(2)6-8-19-15-5-4-13(10-14(15)16)11-17-7-9-18-3/h4-6,10,17H,7-9,11H2,1-3H3. The summed E-state index contributed by atoms with van der Waals surface area (Å²) in [4.78, 5) is 0. The third-order valence-corrected chi connectivity index (χ3v) is 3.16. The summed E-state index contributed by atoms with van der Waals surface area (Å²) in [5.41, 5.74) is 2.48. The molecule has 0 bridgehead atoms. The summed E-state index contributed by atoms with van der Waals surface area (Å²) >= 11 is 3.54. The molecular formula is C15H22BrNO2. The Kier molecular flexibility index (Phi) is 7.79. The van der Waals surface area contributed by atoms with Crippen LogP contribution in [0.15, 0.2) is 34.3 Å². The minimum absolute atomic E-state index is 0.604. The van der Waals surface area contributed by atoms with Gasteiger partial charge in [0.05, 0.1) is 11.1 Å². The molecule has 0 aliphatic heterocycles. The number of halogens is 1. The maximum Gasteiger partial charge on any atom is 0.133 e. The van der Waals surface area contributed by atoms with Crippen molar-refractivity contribution in [3.05, 3.63) is 39.9 Å². The van der Waals surface area contributed by atoms with Gasteiger partial charge in [0.1, 0.15) is 12.4 Å². The predicted octanol–water partition coefficient (Wildman–Crippen LogP) is 3.53. The van der Waals surface area contributed by atoms with Crippen molar-refractivity contribution < 1.29 is 9.47 Å². The molecule has 0 heterocycles. The van der Waals surface area contributed by atoms with Crippen LogP contribution in [-0.2, 0) is 11.3 Å². The number of allylic oxidation sites excluding steroid dienone is 1. The number of methoxy groups -OCH3 is 1. The fraction of sp³-hybridized carbons (Fsp3) is 0.467. The predicted molar refractivity (Wildman–Crippen MR) is 82.7 cm³/mol. The van der Waals surface area contributed by atoms with Gasteiger partial charge in [0.15, 0.2) is 0 Å². The van der Waals surface area contributed by atoms with Crippen molar-refractivity contribution in [2.24, 2.45) is 0 Å². The third kappa shape index (κ3) is 6.76. The largest absolute Gasteiger partial charge is 0.488 e. The van der Waals surface area contributed by atoms with Gasteiger partial charge in [-0.15, -0.1) is 0 Å². The molecule has 0 saturated carbocycles. The highest BCUT2D eigenvalue weighted by Gasteiger charge is 2.02. The summed E-state index contributed by atoms with van der Waals surface area (Å²) < 4.78 is 11.7. The number of hydrogen-bond acceptors (Lipinski definition) is 3. The van der Waals surface area contributed by atoms with Crippen molar-refractivity contribution in [3.63, 3.8) is 0 Å². The second-order valence-electron chi connectivity index (χ2n) is 4.53. The lowest BCUT2D eigenvalue weighted by atomic mass is 10.2. The van der Waals surface area contributed by atoms with Crippen LogP contribution in [0.5, 0.6) is 5.75 Å². The van der Waals surface area contributed by atoms with Crippen molar-refractivity contribution in [1.82, 2.24) is 5.32 Å². The first-order valence-electron chi connectivity index (χ1n) is 6.37. The molecule has 3 nitrogen and oxygen atoms in total. The number of benzene rings is 1. The summed E-state index contributed by atoms with van der Waals surface area (Å²) in [6, 6.07) is 6.15. The average molecular weight is 328 g/mol. The van der Waals surface area contributed by atoms with E-state index in [0.717, 1.165) is 29.9 Å². The van der Waals surface area contributed by atoms with Gasteiger partial charge in [0.25, 0.3) is 0 Å². The van der Waals surface area contributed by atoms with Crippen LogP contribution in [0.2, 0.25) is 0 Å². The first-order valence-corrected chi connectivity index (χ1v) is 7.17. The van der Waals surface area contributed by atoms with Crippen molar-refractivity contribution in [3.8, 4) is 5.75 Å². The molecule has 0 aliphatic rings. The van der Waals surface area contributed by atoms with E-state index >= 15 is 0 Å². The van der Waals surface area contributed by atoms with Crippen LogP contribution < -0.4 is 10.1 Å². The summed E-state index contributed by atoms with van der Waals surface area (Å²) in [5, 5.41) is 3.31. The van der Waals surface area contributed by atoms with Crippen LogP contribution in [0.4, 0.5) is 0 Å². The highest BCUT2D eigenvalue weighted by atomic mass is 79.9. The van der Waals surface area contributed by atoms with Gasteiger partial charge in [-0.3, -0.25) is 0 Å². The molecule has 1 N–H and O–H groups in total. The van der Waals surface area contributed by atoms with E-state index in [0.29, 0.717) is 6.61 Å². The number of rotatable bonds is 8. The highest BCUT2D eigenvalue weighted by molar-refractivity contribution is 9.10. The quantitative estimate of drug-likeness (QED) is 0.585. The molecule has 0 atom stereocenters. The SMILES string of the molecule is COCCNCc1ccc(OCC=C(C)C)c(Br)c1. The van der Waals surface area contributed by atoms with Crippen molar-refractivity contribution in [2.45, 2.75) is 20.4 Å². The van der Waals surface area contributed by atoms with E-state index in [1.165, 1.54) is 11.1 Å². The minimum atomic E-state index is 0.604. The van der Waals surface area contributed by atoms with Gasteiger partial charge < -0.3 is 14.8 Å². The fourth-order valence-corrected chi connectivity index (χ4v) is 2.02. The number of hydrogen-bond donors (Lipinski definition) is 1. The van der Waals surface area contributed by atoms with Crippen molar-refractivity contribution in [1.29, 1.82) is 0 Å². The lowest BCUT2D eigenvalue weighted by Gasteiger charge is -2.09. The normalized spacial score (nSPS) is 10.3. The van der Waals surface area contributed by atoms with E-state index in [9.17, 15) is 0 Å². The van der Waals surface area contributed by atoms with Gasteiger partial charge in [-0.25, -0.2) is 0 Å². The molecule has 19 heavy (non-hydrogen) atoms. The Morgan fingerprint density at radius 3 is 2.79 bits per heavy atom. The molecule has 1 rings (SSSR count). The highest BCUT2D eigenvalue weighted by Crippen LogP contribution is 2.26. The Hall–Kier alpha value is -0.840. The van der Waals surface area contributed by atoms with Gasteiger partial charge in [-0.05, 0) is 53.5 Å². The van der Waals surface area contributed by atoms with Crippen LogP contribution in [0.1, 0.15) is 19.4 Å². The Morgan fingerprint density at radius 2 is 2.16 bits per heavy atom. The monoisotopic (exact) mass is 327 g/mol. The molecule has 4 heteroatoms. The summed E-state index contributed by atoms with van der Waals surface area (Å²) in [6.07, 6.45) is 2.06. The zero-order valence-corrected chi connectivity index (χ0v) is 13.4. The second kappa shape index (κ2) is 9.13. The van der Waals surface area contributed by atoms with Gasteiger partial charge in [0, 0.05) is 20.2 Å². The van der Waals surface area contributed by atoms with Gasteiger partial charge in [0.2, 0.25) is 0 Å². The number of nitrogens with one attached hydrogen (secondary N) is 1. The average Bonchev–Trinajstić information content (AvgIpc) is 2.37. The smallest absolute Gasteiger partial charge is 0.133 e. The zero-order chi connectivity index (χ0) is 14.1. The molecule has 1 aromatic carbocycles.